The average molecular weight is 192 g/mol. The van der Waals surface area contributed by atoms with Crippen molar-refractivity contribution in [3.8, 4) is 0 Å². The Labute approximate surface area is 81.9 Å². The number of hydrogen-bond donors (Lipinski definition) is 1. The molecule has 74 valence electrons. The van der Waals surface area contributed by atoms with Crippen LogP contribution in [0.3, 0.4) is 0 Å². The van der Waals surface area contributed by atoms with E-state index >= 15 is 0 Å². The molecule has 1 nitrogen and oxygen atoms in total. The summed E-state index contributed by atoms with van der Waals surface area (Å²) in [5.74, 6) is 0.722. The topological polar surface area (TPSA) is 12.0 Å². The molecule has 0 aromatic heterocycles. The zero-order valence-electron chi connectivity index (χ0n) is 8.78. The molecule has 12 heavy (non-hydrogen) atoms. The predicted octanol–water partition coefficient (Wildman–Crippen LogP) is 3.03. The van der Waals surface area contributed by atoms with Crippen LogP contribution in [0.15, 0.2) is 0 Å². The molecule has 0 aliphatic heterocycles. The first-order valence-electron chi connectivity index (χ1n) is 4.85. The van der Waals surface area contributed by atoms with Gasteiger partial charge in [-0.3, -0.25) is 0 Å². The van der Waals surface area contributed by atoms with Crippen molar-refractivity contribution in [1.29, 1.82) is 0 Å². The number of nitrogens with one attached hydrogen (secondary N) is 1. The van der Waals surface area contributed by atoms with Crippen LogP contribution in [0.4, 0.5) is 0 Å². The molecule has 0 aliphatic rings. The number of halogens is 1. The highest BCUT2D eigenvalue weighted by atomic mass is 35.5. The Bertz CT molecular complexity index is 108. The molecule has 0 bridgehead atoms. The molecule has 0 amide bonds. The van der Waals surface area contributed by atoms with Crippen molar-refractivity contribution in [2.45, 2.75) is 46.6 Å². The van der Waals surface area contributed by atoms with Gasteiger partial charge in [0.2, 0.25) is 0 Å². The van der Waals surface area contributed by atoms with Crippen LogP contribution in [-0.4, -0.2) is 18.5 Å². The summed E-state index contributed by atoms with van der Waals surface area (Å²) in [5.41, 5.74) is 0.226. The lowest BCUT2D eigenvalue weighted by Crippen LogP contribution is -2.37. The third kappa shape index (κ3) is 5.00. The summed E-state index contributed by atoms with van der Waals surface area (Å²) in [4.78, 5) is 0. The van der Waals surface area contributed by atoms with Gasteiger partial charge in [-0.05, 0) is 18.3 Å². The van der Waals surface area contributed by atoms with E-state index in [2.05, 4.69) is 33.0 Å². The van der Waals surface area contributed by atoms with Crippen molar-refractivity contribution in [1.82, 2.24) is 5.32 Å². The van der Waals surface area contributed by atoms with Gasteiger partial charge in [0, 0.05) is 18.5 Å². The maximum atomic E-state index is 5.82. The van der Waals surface area contributed by atoms with Crippen LogP contribution in [0.5, 0.6) is 0 Å². The van der Waals surface area contributed by atoms with Crippen molar-refractivity contribution in [3.05, 3.63) is 0 Å². The summed E-state index contributed by atoms with van der Waals surface area (Å²) in [7, 11) is 0. The van der Waals surface area contributed by atoms with Crippen molar-refractivity contribution in [3.63, 3.8) is 0 Å². The molecule has 0 fully saturated rings. The van der Waals surface area contributed by atoms with Crippen molar-refractivity contribution < 1.29 is 0 Å². The third-order valence-electron chi connectivity index (χ3n) is 2.22. The lowest BCUT2D eigenvalue weighted by molar-refractivity contribution is 0.347. The smallest absolute Gasteiger partial charge is 0.0286 e. The van der Waals surface area contributed by atoms with Crippen LogP contribution >= 0.6 is 11.6 Å². The Morgan fingerprint density at radius 2 is 1.75 bits per heavy atom. The number of hydrogen-bond acceptors (Lipinski definition) is 1. The average Bonchev–Trinajstić information content (AvgIpc) is 2.06. The first-order valence-corrected chi connectivity index (χ1v) is 5.38. The highest BCUT2D eigenvalue weighted by Crippen LogP contribution is 2.15. The molecule has 0 aromatic rings. The van der Waals surface area contributed by atoms with Gasteiger partial charge in [-0.1, -0.05) is 27.7 Å². The Morgan fingerprint density at radius 3 is 2.08 bits per heavy atom. The molecule has 2 heteroatoms. The van der Waals surface area contributed by atoms with E-state index in [-0.39, 0.29) is 5.41 Å². The Hall–Kier alpha value is 0.250. The fraction of sp³-hybridized carbons (Fsp3) is 1.00. The Balaban J connectivity index is 3.65. The third-order valence-corrected chi connectivity index (χ3v) is 2.94. The quantitative estimate of drug-likeness (QED) is 0.637. The van der Waals surface area contributed by atoms with E-state index in [1.165, 1.54) is 12.8 Å². The fourth-order valence-corrected chi connectivity index (χ4v) is 1.14. The summed E-state index contributed by atoms with van der Waals surface area (Å²) in [6, 6.07) is 0.660. The molecule has 0 aliphatic carbocycles. The summed E-state index contributed by atoms with van der Waals surface area (Å²) < 4.78 is 0. The molecular weight excluding hydrogens is 170 g/mol. The van der Waals surface area contributed by atoms with Crippen molar-refractivity contribution >= 4 is 11.6 Å². The summed E-state index contributed by atoms with van der Waals surface area (Å²) >= 11 is 5.82. The maximum absolute atomic E-state index is 5.82. The minimum Gasteiger partial charge on any atom is -0.313 e. The van der Waals surface area contributed by atoms with Gasteiger partial charge in [-0.25, -0.2) is 0 Å². The molecule has 0 heterocycles. The Morgan fingerprint density at radius 1 is 1.25 bits per heavy atom. The number of rotatable bonds is 6. The highest BCUT2D eigenvalue weighted by molar-refractivity contribution is 6.18. The van der Waals surface area contributed by atoms with Crippen LogP contribution < -0.4 is 5.32 Å². The molecule has 0 unspecified atom stereocenters. The van der Waals surface area contributed by atoms with Crippen LogP contribution in [0, 0.1) is 5.41 Å². The minimum absolute atomic E-state index is 0.226. The molecule has 0 aromatic carbocycles. The lowest BCUT2D eigenvalue weighted by Gasteiger charge is -2.25. The molecule has 0 saturated carbocycles. The molecule has 0 saturated heterocycles. The Kier molecular flexibility index (Phi) is 5.94. The van der Waals surface area contributed by atoms with E-state index in [1.807, 2.05) is 0 Å². The molecule has 0 atom stereocenters. The van der Waals surface area contributed by atoms with Gasteiger partial charge >= 0.3 is 0 Å². The zero-order valence-corrected chi connectivity index (χ0v) is 9.54. The van der Waals surface area contributed by atoms with Crippen molar-refractivity contribution in [2.75, 3.05) is 12.4 Å². The fourth-order valence-electron chi connectivity index (χ4n) is 1.05. The summed E-state index contributed by atoms with van der Waals surface area (Å²) in [5, 5.41) is 3.53. The van der Waals surface area contributed by atoms with E-state index in [1.54, 1.807) is 0 Å². The first-order chi connectivity index (χ1) is 5.55. The van der Waals surface area contributed by atoms with Crippen LogP contribution in [0.2, 0.25) is 0 Å². The molecular formula is C10H22ClN. The maximum Gasteiger partial charge on any atom is 0.0286 e. The normalized spacial score (nSPS) is 12.5. The van der Waals surface area contributed by atoms with E-state index in [0.29, 0.717) is 6.04 Å². The second kappa shape index (κ2) is 5.82. The van der Waals surface area contributed by atoms with E-state index in [9.17, 15) is 0 Å². The second-order valence-corrected chi connectivity index (χ2v) is 4.46. The molecule has 0 radical (unpaired) electrons. The van der Waals surface area contributed by atoms with Crippen LogP contribution in [0.1, 0.15) is 40.5 Å². The van der Waals surface area contributed by atoms with Crippen LogP contribution in [0.25, 0.3) is 0 Å². The van der Waals surface area contributed by atoms with Gasteiger partial charge in [0.25, 0.3) is 0 Å². The molecule has 0 spiro atoms. The molecule has 0 rings (SSSR count). The lowest BCUT2D eigenvalue weighted by atomic mass is 9.96. The van der Waals surface area contributed by atoms with Crippen LogP contribution in [-0.2, 0) is 0 Å². The van der Waals surface area contributed by atoms with Gasteiger partial charge in [-0.2, -0.15) is 0 Å². The zero-order chi connectivity index (χ0) is 9.61. The van der Waals surface area contributed by atoms with Gasteiger partial charge in [0.05, 0.1) is 0 Å². The first kappa shape index (κ1) is 12.2. The monoisotopic (exact) mass is 191 g/mol. The molecule has 1 N–H and O–H groups in total. The highest BCUT2D eigenvalue weighted by Gasteiger charge is 2.16. The number of alkyl halides is 1. The van der Waals surface area contributed by atoms with Crippen molar-refractivity contribution in [2.24, 2.45) is 5.41 Å². The largest absolute Gasteiger partial charge is 0.313 e. The summed E-state index contributed by atoms with van der Waals surface area (Å²) in [6.45, 7) is 9.83. The van der Waals surface area contributed by atoms with Gasteiger partial charge in [-0.15, -0.1) is 11.6 Å². The second-order valence-electron chi connectivity index (χ2n) is 4.19. The van der Waals surface area contributed by atoms with Gasteiger partial charge in [0.1, 0.15) is 0 Å². The van der Waals surface area contributed by atoms with E-state index < -0.39 is 0 Å². The van der Waals surface area contributed by atoms with Gasteiger partial charge < -0.3 is 5.32 Å². The standard InChI is InChI=1S/C10H22ClN/c1-5-9(6-2)12-8-10(3,4)7-11/h9,12H,5-8H2,1-4H3. The summed E-state index contributed by atoms with van der Waals surface area (Å²) in [6.07, 6.45) is 2.41. The van der Waals surface area contributed by atoms with E-state index in [0.717, 1.165) is 12.4 Å². The predicted molar refractivity (Wildman–Crippen MR) is 56.9 cm³/mol. The SMILES string of the molecule is CCC(CC)NCC(C)(C)CCl. The van der Waals surface area contributed by atoms with E-state index in [4.69, 9.17) is 11.6 Å². The van der Waals surface area contributed by atoms with Gasteiger partial charge in [0.15, 0.2) is 0 Å². The minimum atomic E-state index is 0.226.